The van der Waals surface area contributed by atoms with E-state index in [-0.39, 0.29) is 5.56 Å². The number of nitrogens with zero attached hydrogens (tertiary/aromatic N) is 1. The van der Waals surface area contributed by atoms with Gasteiger partial charge < -0.3 is 10.8 Å². The van der Waals surface area contributed by atoms with Crippen molar-refractivity contribution in [1.82, 2.24) is 4.98 Å². The molecule has 1 heterocycles. The molecule has 0 aliphatic rings. The number of hydrogen-bond donors (Lipinski definition) is 2. The highest BCUT2D eigenvalue weighted by Crippen LogP contribution is 2.25. The number of hydrogen-bond acceptors (Lipinski definition) is 3. The Kier molecular flexibility index (Phi) is 3.79. The molecule has 94 valence electrons. The minimum atomic E-state index is -0.973. The fourth-order valence-corrected chi connectivity index (χ4v) is 2.07. The summed E-state index contributed by atoms with van der Waals surface area (Å²) in [5, 5.41) is 10.3. The maximum atomic E-state index is 11.3. The Balaban J connectivity index is 2.63. The minimum Gasteiger partial charge on any atom is -0.478 e. The van der Waals surface area contributed by atoms with Crippen LogP contribution in [-0.4, -0.2) is 22.6 Å². The van der Waals surface area contributed by atoms with Crippen LogP contribution in [0.15, 0.2) is 24.3 Å². The Morgan fingerprint density at radius 1 is 1.44 bits per heavy atom. The van der Waals surface area contributed by atoms with E-state index in [2.05, 4.69) is 4.98 Å². The average molecular weight is 265 g/mol. The minimum absolute atomic E-state index is 0.231. The molecule has 0 bridgehead atoms. The largest absolute Gasteiger partial charge is 0.478 e. The standard InChI is InChI=1S/C13H13ClN2O2/c14-11-5-1-4-9-10(13(17)18)7-8(3-2-6-15)16-12(9)11/h1,4-5,7H,2-3,6,15H2,(H,17,18). The van der Waals surface area contributed by atoms with Gasteiger partial charge in [-0.15, -0.1) is 0 Å². The molecule has 0 atom stereocenters. The Hall–Kier alpha value is -1.65. The van der Waals surface area contributed by atoms with E-state index in [4.69, 9.17) is 17.3 Å². The van der Waals surface area contributed by atoms with Crippen LogP contribution >= 0.6 is 11.6 Å². The Morgan fingerprint density at radius 3 is 2.89 bits per heavy atom. The molecule has 0 unspecified atom stereocenters. The molecule has 0 saturated carbocycles. The van der Waals surface area contributed by atoms with Crippen molar-refractivity contribution in [3.63, 3.8) is 0 Å². The molecule has 0 saturated heterocycles. The van der Waals surface area contributed by atoms with Crippen molar-refractivity contribution in [2.75, 3.05) is 6.54 Å². The van der Waals surface area contributed by atoms with Gasteiger partial charge in [0.25, 0.3) is 0 Å². The summed E-state index contributed by atoms with van der Waals surface area (Å²) < 4.78 is 0. The van der Waals surface area contributed by atoms with Crippen molar-refractivity contribution >= 4 is 28.5 Å². The van der Waals surface area contributed by atoms with Gasteiger partial charge in [0.2, 0.25) is 0 Å². The van der Waals surface area contributed by atoms with E-state index in [1.54, 1.807) is 24.3 Å². The lowest BCUT2D eigenvalue weighted by Gasteiger charge is -2.07. The van der Waals surface area contributed by atoms with Gasteiger partial charge in [-0.3, -0.25) is 4.98 Å². The maximum absolute atomic E-state index is 11.3. The molecular formula is C13H13ClN2O2. The molecule has 18 heavy (non-hydrogen) atoms. The van der Waals surface area contributed by atoms with Crippen LogP contribution in [-0.2, 0) is 6.42 Å². The van der Waals surface area contributed by atoms with E-state index in [0.717, 1.165) is 6.42 Å². The molecule has 1 aromatic carbocycles. The van der Waals surface area contributed by atoms with Crippen LogP contribution in [0.2, 0.25) is 5.02 Å². The van der Waals surface area contributed by atoms with Gasteiger partial charge in [-0.2, -0.15) is 0 Å². The number of aryl methyl sites for hydroxylation is 1. The molecule has 0 fully saturated rings. The fraction of sp³-hybridized carbons (Fsp3) is 0.231. The van der Waals surface area contributed by atoms with Crippen molar-refractivity contribution in [2.24, 2.45) is 5.73 Å². The highest BCUT2D eigenvalue weighted by Gasteiger charge is 2.13. The number of pyridine rings is 1. The van der Waals surface area contributed by atoms with Gasteiger partial charge in [-0.1, -0.05) is 23.7 Å². The van der Waals surface area contributed by atoms with E-state index in [9.17, 15) is 9.90 Å². The molecule has 5 heteroatoms. The second-order valence-electron chi connectivity index (χ2n) is 3.99. The SMILES string of the molecule is NCCCc1cc(C(=O)O)c2cccc(Cl)c2n1. The van der Waals surface area contributed by atoms with Crippen molar-refractivity contribution in [2.45, 2.75) is 12.8 Å². The lowest BCUT2D eigenvalue weighted by molar-refractivity contribution is 0.0699. The van der Waals surface area contributed by atoms with E-state index in [1.165, 1.54) is 0 Å². The van der Waals surface area contributed by atoms with Gasteiger partial charge in [0.1, 0.15) is 0 Å². The molecule has 0 radical (unpaired) electrons. The van der Waals surface area contributed by atoms with E-state index in [0.29, 0.717) is 34.6 Å². The lowest BCUT2D eigenvalue weighted by Crippen LogP contribution is -2.05. The van der Waals surface area contributed by atoms with E-state index < -0.39 is 5.97 Å². The molecule has 3 N–H and O–H groups in total. The van der Waals surface area contributed by atoms with Gasteiger partial charge in [0, 0.05) is 11.1 Å². The average Bonchev–Trinajstić information content (AvgIpc) is 2.36. The van der Waals surface area contributed by atoms with Gasteiger partial charge in [-0.05, 0) is 31.5 Å². The van der Waals surface area contributed by atoms with Crippen LogP contribution in [0.3, 0.4) is 0 Å². The smallest absolute Gasteiger partial charge is 0.336 e. The van der Waals surface area contributed by atoms with E-state index in [1.807, 2.05) is 0 Å². The van der Waals surface area contributed by atoms with Gasteiger partial charge in [0.05, 0.1) is 16.1 Å². The summed E-state index contributed by atoms with van der Waals surface area (Å²) in [6.07, 6.45) is 1.42. The number of para-hydroxylation sites is 1. The first-order chi connectivity index (χ1) is 8.63. The quantitative estimate of drug-likeness (QED) is 0.889. The van der Waals surface area contributed by atoms with Gasteiger partial charge >= 0.3 is 5.97 Å². The Bertz CT molecular complexity index is 599. The zero-order valence-electron chi connectivity index (χ0n) is 9.69. The third kappa shape index (κ3) is 2.44. The van der Waals surface area contributed by atoms with Crippen molar-refractivity contribution in [3.05, 3.63) is 40.5 Å². The number of aromatic carboxylic acids is 1. The summed E-state index contributed by atoms with van der Waals surface area (Å²) in [4.78, 5) is 15.7. The predicted molar refractivity (Wildman–Crippen MR) is 71.1 cm³/mol. The maximum Gasteiger partial charge on any atom is 0.336 e. The normalized spacial score (nSPS) is 10.8. The molecule has 2 rings (SSSR count). The van der Waals surface area contributed by atoms with Crippen LogP contribution in [0.25, 0.3) is 10.9 Å². The lowest BCUT2D eigenvalue weighted by atomic mass is 10.1. The van der Waals surface area contributed by atoms with Gasteiger partial charge in [0.15, 0.2) is 0 Å². The van der Waals surface area contributed by atoms with Crippen molar-refractivity contribution in [3.8, 4) is 0 Å². The summed E-state index contributed by atoms with van der Waals surface area (Å²) in [5.41, 5.74) is 6.92. The third-order valence-corrected chi connectivity index (χ3v) is 3.02. The number of benzene rings is 1. The monoisotopic (exact) mass is 264 g/mol. The summed E-state index contributed by atoms with van der Waals surface area (Å²) in [5.74, 6) is -0.973. The number of carboxylic acid groups (broad SMARTS) is 1. The Labute approximate surface area is 109 Å². The number of carboxylic acids is 1. The first kappa shape index (κ1) is 12.8. The molecule has 0 spiro atoms. The van der Waals surface area contributed by atoms with E-state index >= 15 is 0 Å². The molecule has 0 aliphatic carbocycles. The van der Waals surface area contributed by atoms with Crippen LogP contribution in [0.4, 0.5) is 0 Å². The van der Waals surface area contributed by atoms with Crippen LogP contribution in [0, 0.1) is 0 Å². The first-order valence-corrected chi connectivity index (χ1v) is 6.03. The predicted octanol–water partition coefficient (Wildman–Crippen LogP) is 2.48. The molecule has 1 aromatic heterocycles. The molecule has 4 nitrogen and oxygen atoms in total. The second-order valence-corrected chi connectivity index (χ2v) is 4.40. The number of aromatic nitrogens is 1. The zero-order valence-corrected chi connectivity index (χ0v) is 10.4. The van der Waals surface area contributed by atoms with Crippen LogP contribution in [0.1, 0.15) is 22.5 Å². The third-order valence-electron chi connectivity index (χ3n) is 2.71. The number of nitrogens with two attached hydrogens (primary N) is 1. The highest BCUT2D eigenvalue weighted by atomic mass is 35.5. The molecular weight excluding hydrogens is 252 g/mol. The molecule has 0 aliphatic heterocycles. The van der Waals surface area contributed by atoms with Crippen molar-refractivity contribution in [1.29, 1.82) is 0 Å². The summed E-state index contributed by atoms with van der Waals surface area (Å²) in [6.45, 7) is 0.546. The number of carbonyl (C=O) groups is 1. The van der Waals surface area contributed by atoms with Crippen LogP contribution < -0.4 is 5.73 Å². The topological polar surface area (TPSA) is 76.2 Å². The van der Waals surface area contributed by atoms with Crippen molar-refractivity contribution < 1.29 is 9.90 Å². The first-order valence-electron chi connectivity index (χ1n) is 5.65. The summed E-state index contributed by atoms with van der Waals surface area (Å²) in [6, 6.07) is 6.73. The molecule has 2 aromatic rings. The van der Waals surface area contributed by atoms with Gasteiger partial charge in [-0.25, -0.2) is 4.79 Å². The molecule has 0 amide bonds. The highest BCUT2D eigenvalue weighted by molar-refractivity contribution is 6.35. The summed E-state index contributed by atoms with van der Waals surface area (Å²) in [7, 11) is 0. The fourth-order valence-electron chi connectivity index (χ4n) is 1.85. The second kappa shape index (κ2) is 5.33. The Morgan fingerprint density at radius 2 is 2.22 bits per heavy atom. The number of fused-ring (bicyclic) bond motifs is 1. The summed E-state index contributed by atoms with van der Waals surface area (Å²) >= 11 is 6.06. The van der Waals surface area contributed by atoms with Crippen LogP contribution in [0.5, 0.6) is 0 Å². The number of halogens is 1. The zero-order chi connectivity index (χ0) is 13.1. The number of rotatable bonds is 4.